The molecular formula is C17H24N4O2. The number of hydrogen-bond donors (Lipinski definition) is 1. The molecule has 0 spiro atoms. The molecule has 6 heteroatoms. The highest BCUT2D eigenvalue weighted by Gasteiger charge is 2.31. The molecule has 0 bridgehead atoms. The van der Waals surface area contributed by atoms with Gasteiger partial charge in [-0.2, -0.15) is 0 Å². The van der Waals surface area contributed by atoms with E-state index >= 15 is 0 Å². The molecule has 2 amide bonds. The number of carbonyl (C=O) groups excluding carboxylic acids is 2. The number of piperidine rings is 1. The summed E-state index contributed by atoms with van der Waals surface area (Å²) < 4.78 is 0. The first-order chi connectivity index (χ1) is 11.2. The maximum Gasteiger partial charge on any atom is 0.236 e. The minimum Gasteiger partial charge on any atom is -0.341 e. The Morgan fingerprint density at radius 1 is 1.30 bits per heavy atom. The van der Waals surface area contributed by atoms with Gasteiger partial charge in [-0.05, 0) is 37.0 Å². The van der Waals surface area contributed by atoms with Crippen LogP contribution in [0, 0.1) is 0 Å². The minimum absolute atomic E-state index is 0.160. The lowest BCUT2D eigenvalue weighted by molar-refractivity contribution is -0.140. The SMILES string of the molecule is O=C(CCc1ccncc1)N1CCCC(N2CCNCC2=O)C1. The third-order valence-corrected chi connectivity index (χ3v) is 4.69. The van der Waals surface area contributed by atoms with Crippen LogP contribution in [0.5, 0.6) is 0 Å². The van der Waals surface area contributed by atoms with Crippen molar-refractivity contribution in [3.63, 3.8) is 0 Å². The van der Waals surface area contributed by atoms with Gasteiger partial charge in [0, 0.05) is 51.0 Å². The van der Waals surface area contributed by atoms with Gasteiger partial charge in [-0.15, -0.1) is 0 Å². The number of likely N-dealkylation sites (tertiary alicyclic amines) is 1. The molecule has 2 saturated heterocycles. The van der Waals surface area contributed by atoms with Gasteiger partial charge in [-0.25, -0.2) is 0 Å². The molecule has 0 saturated carbocycles. The molecule has 1 aromatic heterocycles. The van der Waals surface area contributed by atoms with Gasteiger partial charge in [-0.1, -0.05) is 0 Å². The van der Waals surface area contributed by atoms with Crippen LogP contribution in [-0.2, 0) is 16.0 Å². The quantitative estimate of drug-likeness (QED) is 0.875. The number of rotatable bonds is 4. The maximum absolute atomic E-state index is 12.5. The summed E-state index contributed by atoms with van der Waals surface area (Å²) in [6.45, 7) is 3.51. The maximum atomic E-state index is 12.5. The average molecular weight is 316 g/mol. The number of aryl methyl sites for hydroxylation is 1. The number of piperazine rings is 1. The van der Waals surface area contributed by atoms with Crippen molar-refractivity contribution in [2.24, 2.45) is 0 Å². The summed E-state index contributed by atoms with van der Waals surface area (Å²) in [5.41, 5.74) is 1.14. The van der Waals surface area contributed by atoms with Crippen LogP contribution < -0.4 is 5.32 Å². The van der Waals surface area contributed by atoms with Crippen LogP contribution in [0.4, 0.5) is 0 Å². The smallest absolute Gasteiger partial charge is 0.236 e. The van der Waals surface area contributed by atoms with Gasteiger partial charge in [0.15, 0.2) is 0 Å². The standard InChI is InChI=1S/C17H24N4O2/c22-16(4-3-14-5-7-18-8-6-14)20-10-1-2-15(13-20)21-11-9-19-12-17(21)23/h5-8,15,19H,1-4,9-13H2. The molecule has 0 aromatic carbocycles. The molecule has 2 aliphatic rings. The van der Waals surface area contributed by atoms with E-state index in [-0.39, 0.29) is 17.9 Å². The number of nitrogens with zero attached hydrogens (tertiary/aromatic N) is 3. The summed E-state index contributed by atoms with van der Waals surface area (Å²) in [6.07, 6.45) is 6.75. The second-order valence-corrected chi connectivity index (χ2v) is 6.26. The zero-order valence-corrected chi connectivity index (χ0v) is 13.4. The van der Waals surface area contributed by atoms with E-state index in [1.54, 1.807) is 12.4 Å². The molecule has 124 valence electrons. The average Bonchev–Trinajstić information content (AvgIpc) is 2.61. The van der Waals surface area contributed by atoms with Gasteiger partial charge in [0.1, 0.15) is 0 Å². The minimum atomic E-state index is 0.160. The molecule has 1 aromatic rings. The summed E-state index contributed by atoms with van der Waals surface area (Å²) >= 11 is 0. The summed E-state index contributed by atoms with van der Waals surface area (Å²) in [5, 5.41) is 3.10. The molecule has 2 aliphatic heterocycles. The summed E-state index contributed by atoms with van der Waals surface area (Å²) in [4.78, 5) is 32.4. The lowest BCUT2D eigenvalue weighted by Crippen LogP contribution is -2.57. The second-order valence-electron chi connectivity index (χ2n) is 6.26. The Labute approximate surface area is 136 Å². The van der Waals surface area contributed by atoms with Crippen LogP contribution in [0.1, 0.15) is 24.8 Å². The van der Waals surface area contributed by atoms with Gasteiger partial charge in [0.05, 0.1) is 6.54 Å². The van der Waals surface area contributed by atoms with Gasteiger partial charge in [-0.3, -0.25) is 14.6 Å². The molecule has 6 nitrogen and oxygen atoms in total. The predicted molar refractivity (Wildman–Crippen MR) is 86.7 cm³/mol. The molecule has 3 heterocycles. The van der Waals surface area contributed by atoms with E-state index in [4.69, 9.17) is 0 Å². The molecule has 0 radical (unpaired) electrons. The number of pyridine rings is 1. The molecule has 2 fully saturated rings. The highest BCUT2D eigenvalue weighted by Crippen LogP contribution is 2.18. The summed E-state index contributed by atoms with van der Waals surface area (Å²) in [6, 6.07) is 4.08. The summed E-state index contributed by atoms with van der Waals surface area (Å²) in [5.74, 6) is 0.349. The van der Waals surface area contributed by atoms with Gasteiger partial charge in [0.25, 0.3) is 0 Å². The van der Waals surface area contributed by atoms with E-state index in [9.17, 15) is 9.59 Å². The Hall–Kier alpha value is -1.95. The Morgan fingerprint density at radius 3 is 2.91 bits per heavy atom. The van der Waals surface area contributed by atoms with Crippen LogP contribution in [0.2, 0.25) is 0 Å². The zero-order chi connectivity index (χ0) is 16.1. The second kappa shape index (κ2) is 7.55. The van der Waals surface area contributed by atoms with Crippen molar-refractivity contribution < 1.29 is 9.59 Å². The van der Waals surface area contributed by atoms with Gasteiger partial charge < -0.3 is 15.1 Å². The Balaban J connectivity index is 1.53. The molecule has 1 atom stereocenters. The highest BCUT2D eigenvalue weighted by atomic mass is 16.2. The molecule has 0 aliphatic carbocycles. The van der Waals surface area contributed by atoms with Crippen molar-refractivity contribution in [3.8, 4) is 0 Å². The molecule has 1 N–H and O–H groups in total. The van der Waals surface area contributed by atoms with E-state index in [1.165, 1.54) is 0 Å². The number of nitrogens with one attached hydrogen (secondary N) is 1. The van der Waals surface area contributed by atoms with E-state index < -0.39 is 0 Å². The highest BCUT2D eigenvalue weighted by molar-refractivity contribution is 5.80. The van der Waals surface area contributed by atoms with E-state index in [1.807, 2.05) is 21.9 Å². The van der Waals surface area contributed by atoms with E-state index in [0.717, 1.165) is 44.5 Å². The van der Waals surface area contributed by atoms with Crippen molar-refractivity contribution in [1.82, 2.24) is 20.1 Å². The zero-order valence-electron chi connectivity index (χ0n) is 13.4. The number of aromatic nitrogens is 1. The van der Waals surface area contributed by atoms with Crippen LogP contribution in [-0.4, -0.2) is 65.4 Å². The fraction of sp³-hybridized carbons (Fsp3) is 0.588. The largest absolute Gasteiger partial charge is 0.341 e. The van der Waals surface area contributed by atoms with Crippen molar-refractivity contribution in [2.75, 3.05) is 32.7 Å². The molecule has 1 unspecified atom stereocenters. The number of hydrogen-bond acceptors (Lipinski definition) is 4. The van der Waals surface area contributed by atoms with Crippen molar-refractivity contribution in [3.05, 3.63) is 30.1 Å². The summed E-state index contributed by atoms with van der Waals surface area (Å²) in [7, 11) is 0. The van der Waals surface area contributed by atoms with Crippen LogP contribution in [0.15, 0.2) is 24.5 Å². The first-order valence-electron chi connectivity index (χ1n) is 8.41. The molecule has 23 heavy (non-hydrogen) atoms. The first kappa shape index (κ1) is 15.9. The van der Waals surface area contributed by atoms with E-state index in [0.29, 0.717) is 19.5 Å². The van der Waals surface area contributed by atoms with Crippen molar-refractivity contribution in [2.45, 2.75) is 31.7 Å². The Kier molecular flexibility index (Phi) is 5.23. The van der Waals surface area contributed by atoms with E-state index in [2.05, 4.69) is 10.3 Å². The van der Waals surface area contributed by atoms with Crippen LogP contribution in [0.25, 0.3) is 0 Å². The van der Waals surface area contributed by atoms with Crippen molar-refractivity contribution in [1.29, 1.82) is 0 Å². The normalized spacial score (nSPS) is 22.3. The third kappa shape index (κ3) is 4.07. The number of amides is 2. The fourth-order valence-electron chi connectivity index (χ4n) is 3.40. The van der Waals surface area contributed by atoms with Crippen LogP contribution in [0.3, 0.4) is 0 Å². The monoisotopic (exact) mass is 316 g/mol. The third-order valence-electron chi connectivity index (χ3n) is 4.69. The Bertz CT molecular complexity index is 549. The van der Waals surface area contributed by atoms with Crippen LogP contribution >= 0.6 is 0 Å². The lowest BCUT2D eigenvalue weighted by atomic mass is 10.0. The topological polar surface area (TPSA) is 65.5 Å². The molecule has 3 rings (SSSR count). The van der Waals surface area contributed by atoms with Crippen molar-refractivity contribution >= 4 is 11.8 Å². The lowest BCUT2D eigenvalue weighted by Gasteiger charge is -2.41. The first-order valence-corrected chi connectivity index (χ1v) is 8.41. The Morgan fingerprint density at radius 2 is 2.13 bits per heavy atom. The van der Waals surface area contributed by atoms with Gasteiger partial charge >= 0.3 is 0 Å². The fourth-order valence-corrected chi connectivity index (χ4v) is 3.40. The van der Waals surface area contributed by atoms with Gasteiger partial charge in [0.2, 0.25) is 11.8 Å². The molecular weight excluding hydrogens is 292 g/mol. The number of carbonyl (C=O) groups is 2. The predicted octanol–water partition coefficient (Wildman–Crippen LogP) is 0.437.